The second-order valence-electron chi connectivity index (χ2n) is 8.13. The maximum Gasteiger partial charge on any atom is 0.233 e. The van der Waals surface area contributed by atoms with Crippen LogP contribution in [-0.2, 0) is 11.4 Å². The van der Waals surface area contributed by atoms with E-state index in [2.05, 4.69) is 36.2 Å². The fraction of sp³-hybridized carbons (Fsp3) is 0.375. The molecule has 32 heavy (non-hydrogen) atoms. The fourth-order valence-electron chi connectivity index (χ4n) is 3.29. The third-order valence-electron chi connectivity index (χ3n) is 5.46. The maximum absolute atomic E-state index is 12.7. The van der Waals surface area contributed by atoms with Gasteiger partial charge in [0.25, 0.3) is 0 Å². The van der Waals surface area contributed by atoms with Gasteiger partial charge in [-0.2, -0.15) is 0 Å². The second kappa shape index (κ2) is 10.5. The zero-order valence-electron chi connectivity index (χ0n) is 19.3. The summed E-state index contributed by atoms with van der Waals surface area (Å²) in [4.78, 5) is 14.4. The molecular weight excluding hydrogens is 422 g/mol. The number of nitrogens with two attached hydrogens (primary N) is 1. The van der Waals surface area contributed by atoms with Crippen molar-refractivity contribution < 1.29 is 9.53 Å². The third kappa shape index (κ3) is 5.62. The van der Waals surface area contributed by atoms with Crippen molar-refractivity contribution in [1.82, 2.24) is 19.8 Å². The van der Waals surface area contributed by atoms with Crippen LogP contribution >= 0.6 is 11.8 Å². The molecule has 3 rings (SSSR count). The first-order chi connectivity index (χ1) is 15.3. The summed E-state index contributed by atoms with van der Waals surface area (Å²) in [5.41, 5.74) is 3.35. The van der Waals surface area contributed by atoms with Crippen LogP contribution < -0.4 is 10.6 Å². The van der Waals surface area contributed by atoms with E-state index in [1.54, 1.807) is 11.9 Å². The van der Waals surface area contributed by atoms with Gasteiger partial charge in [-0.3, -0.25) is 4.79 Å². The smallest absolute Gasteiger partial charge is 0.233 e. The molecule has 1 atom stereocenters. The Hall–Kier alpha value is -3.00. The molecule has 0 saturated carbocycles. The molecule has 0 saturated heterocycles. The summed E-state index contributed by atoms with van der Waals surface area (Å²) in [5, 5.41) is 8.77. The van der Waals surface area contributed by atoms with Gasteiger partial charge in [0.15, 0.2) is 5.82 Å². The van der Waals surface area contributed by atoms with Crippen LogP contribution in [0.1, 0.15) is 55.2 Å². The number of nitrogen functional groups attached to an aromatic ring is 1. The highest BCUT2D eigenvalue weighted by molar-refractivity contribution is 7.99. The van der Waals surface area contributed by atoms with Gasteiger partial charge in [0.05, 0.1) is 11.8 Å². The first kappa shape index (κ1) is 23.7. The lowest BCUT2D eigenvalue weighted by atomic mass is 10.0. The van der Waals surface area contributed by atoms with Crippen LogP contribution in [0, 0.1) is 6.92 Å². The van der Waals surface area contributed by atoms with Crippen LogP contribution in [-0.4, -0.2) is 38.5 Å². The molecule has 7 nitrogen and oxygen atoms in total. The van der Waals surface area contributed by atoms with E-state index in [-0.39, 0.29) is 24.3 Å². The highest BCUT2D eigenvalue weighted by Gasteiger charge is 2.19. The number of carbonyl (C=O) groups excluding carboxylic acids is 1. The molecule has 0 aliphatic carbocycles. The molecule has 1 heterocycles. The minimum absolute atomic E-state index is 0.00603. The summed E-state index contributed by atoms with van der Waals surface area (Å²) in [7, 11) is 1.81. The predicted octanol–water partition coefficient (Wildman–Crippen LogP) is 4.31. The lowest BCUT2D eigenvalue weighted by Crippen LogP contribution is -2.31. The minimum Gasteiger partial charge on any atom is -0.485 e. The van der Waals surface area contributed by atoms with Gasteiger partial charge in [0, 0.05) is 7.05 Å². The summed E-state index contributed by atoms with van der Waals surface area (Å²) < 4.78 is 7.41. The zero-order valence-corrected chi connectivity index (χ0v) is 20.1. The molecule has 170 valence electrons. The number of carbonyl (C=O) groups is 1. The van der Waals surface area contributed by atoms with Gasteiger partial charge in [-0.05, 0) is 42.5 Å². The molecule has 0 spiro atoms. The lowest BCUT2D eigenvalue weighted by molar-refractivity contribution is -0.128. The number of hydrogen-bond acceptors (Lipinski definition) is 6. The van der Waals surface area contributed by atoms with Crippen LogP contribution in [0.4, 0.5) is 0 Å². The first-order valence-electron chi connectivity index (χ1n) is 10.6. The van der Waals surface area contributed by atoms with E-state index in [1.165, 1.54) is 16.4 Å². The molecular formula is C24H31N5O2S. The van der Waals surface area contributed by atoms with E-state index in [1.807, 2.05) is 50.2 Å². The van der Waals surface area contributed by atoms with E-state index in [9.17, 15) is 4.79 Å². The van der Waals surface area contributed by atoms with Gasteiger partial charge in [0.2, 0.25) is 11.1 Å². The SMILES string of the molecule is Cc1ccc(C(C)C)c(OCc2nnc(SCC(=O)N(C)C(C)c3ccccc3)n2N)c1. The van der Waals surface area contributed by atoms with Crippen molar-refractivity contribution in [1.29, 1.82) is 0 Å². The number of aryl methyl sites for hydroxylation is 1. The molecule has 0 radical (unpaired) electrons. The Balaban J connectivity index is 1.59. The Bertz CT molecular complexity index is 1050. The molecule has 0 aliphatic rings. The number of hydrogen-bond donors (Lipinski definition) is 1. The van der Waals surface area contributed by atoms with Crippen LogP contribution in [0.15, 0.2) is 53.7 Å². The van der Waals surface area contributed by atoms with Gasteiger partial charge < -0.3 is 15.5 Å². The van der Waals surface area contributed by atoms with Gasteiger partial charge in [-0.1, -0.05) is 68.1 Å². The Morgan fingerprint density at radius 3 is 2.56 bits per heavy atom. The number of benzene rings is 2. The lowest BCUT2D eigenvalue weighted by Gasteiger charge is -2.25. The fourth-order valence-corrected chi connectivity index (χ4v) is 4.09. The molecule has 1 amide bonds. The monoisotopic (exact) mass is 453 g/mol. The largest absolute Gasteiger partial charge is 0.485 e. The molecule has 0 fully saturated rings. The first-order valence-corrected chi connectivity index (χ1v) is 11.6. The van der Waals surface area contributed by atoms with Crippen LogP contribution in [0.25, 0.3) is 0 Å². The number of aromatic nitrogens is 3. The van der Waals surface area contributed by atoms with E-state index < -0.39 is 0 Å². The molecule has 1 unspecified atom stereocenters. The average Bonchev–Trinajstić information content (AvgIpc) is 3.14. The molecule has 1 aromatic heterocycles. The molecule has 2 N–H and O–H groups in total. The number of thioether (sulfide) groups is 1. The van der Waals surface area contributed by atoms with Gasteiger partial charge in [-0.15, -0.1) is 10.2 Å². The maximum atomic E-state index is 12.7. The molecule has 0 bridgehead atoms. The van der Waals surface area contributed by atoms with Crippen LogP contribution in [0.5, 0.6) is 5.75 Å². The molecule has 8 heteroatoms. The molecule has 3 aromatic rings. The van der Waals surface area contributed by atoms with Crippen molar-refractivity contribution in [3.63, 3.8) is 0 Å². The van der Waals surface area contributed by atoms with Gasteiger partial charge >= 0.3 is 0 Å². The Labute approximate surface area is 193 Å². The topological polar surface area (TPSA) is 86.3 Å². The predicted molar refractivity (Wildman–Crippen MR) is 128 cm³/mol. The summed E-state index contributed by atoms with van der Waals surface area (Å²) in [6, 6.07) is 16.1. The third-order valence-corrected chi connectivity index (χ3v) is 6.39. The second-order valence-corrected chi connectivity index (χ2v) is 9.08. The molecule has 2 aromatic carbocycles. The van der Waals surface area contributed by atoms with Crippen molar-refractivity contribution >= 4 is 17.7 Å². The number of rotatable bonds is 9. The average molecular weight is 454 g/mol. The Kier molecular flexibility index (Phi) is 7.80. The number of amides is 1. The van der Waals surface area contributed by atoms with E-state index in [4.69, 9.17) is 10.6 Å². The van der Waals surface area contributed by atoms with Crippen molar-refractivity contribution in [2.24, 2.45) is 0 Å². The highest BCUT2D eigenvalue weighted by atomic mass is 32.2. The zero-order chi connectivity index (χ0) is 23.3. The number of ether oxygens (including phenoxy) is 1. The summed E-state index contributed by atoms with van der Waals surface area (Å²) >= 11 is 1.27. The molecule has 0 aliphatic heterocycles. The Morgan fingerprint density at radius 2 is 1.88 bits per heavy atom. The summed E-state index contributed by atoms with van der Waals surface area (Å²) in [6.45, 7) is 8.50. The van der Waals surface area contributed by atoms with E-state index in [0.717, 1.165) is 22.4 Å². The summed E-state index contributed by atoms with van der Waals surface area (Å²) in [5.74, 6) is 8.06. The van der Waals surface area contributed by atoms with Crippen molar-refractivity contribution in [2.75, 3.05) is 18.6 Å². The summed E-state index contributed by atoms with van der Waals surface area (Å²) in [6.07, 6.45) is 0. The van der Waals surface area contributed by atoms with Crippen molar-refractivity contribution in [3.8, 4) is 5.75 Å². The van der Waals surface area contributed by atoms with Gasteiger partial charge in [0.1, 0.15) is 12.4 Å². The van der Waals surface area contributed by atoms with Crippen LogP contribution in [0.2, 0.25) is 0 Å². The van der Waals surface area contributed by atoms with E-state index >= 15 is 0 Å². The van der Waals surface area contributed by atoms with Crippen LogP contribution in [0.3, 0.4) is 0 Å². The van der Waals surface area contributed by atoms with Crippen molar-refractivity contribution in [3.05, 3.63) is 71.0 Å². The minimum atomic E-state index is -0.0199. The number of nitrogens with zero attached hydrogens (tertiary/aromatic N) is 4. The standard InChI is InChI=1S/C24H31N5O2S/c1-16(2)20-12-11-17(3)13-21(20)31-14-22-26-27-24(29(22)25)32-15-23(30)28(5)18(4)19-9-7-6-8-10-19/h6-13,16,18H,14-15,25H2,1-5H3. The normalized spacial score (nSPS) is 12.1. The Morgan fingerprint density at radius 1 is 1.16 bits per heavy atom. The van der Waals surface area contributed by atoms with E-state index in [0.29, 0.717) is 16.9 Å². The van der Waals surface area contributed by atoms with Crippen molar-refractivity contribution in [2.45, 2.75) is 51.4 Å². The quantitative estimate of drug-likeness (QED) is 0.384. The van der Waals surface area contributed by atoms with Gasteiger partial charge in [-0.25, -0.2) is 4.68 Å². The highest BCUT2D eigenvalue weighted by Crippen LogP contribution is 2.28.